The molecule has 0 radical (unpaired) electrons. The van der Waals surface area contributed by atoms with E-state index in [4.69, 9.17) is 0 Å². The van der Waals surface area contributed by atoms with Crippen LogP contribution in [0.4, 0.5) is 0 Å². The summed E-state index contributed by atoms with van der Waals surface area (Å²) in [6.07, 6.45) is 2.40. The number of benzene rings is 2. The fourth-order valence-corrected chi connectivity index (χ4v) is 2.53. The van der Waals surface area contributed by atoms with E-state index in [0.29, 0.717) is 18.8 Å². The molecule has 0 saturated heterocycles. The van der Waals surface area contributed by atoms with Crippen molar-refractivity contribution in [2.24, 2.45) is 0 Å². The van der Waals surface area contributed by atoms with Crippen molar-refractivity contribution >= 4 is 16.9 Å². The zero-order valence-electron chi connectivity index (χ0n) is 13.1. The third-order valence-electron chi connectivity index (χ3n) is 3.85. The first kappa shape index (κ1) is 15.2. The molecule has 1 aromatic heterocycles. The van der Waals surface area contributed by atoms with Gasteiger partial charge in [-0.05, 0) is 31.0 Å². The van der Waals surface area contributed by atoms with Gasteiger partial charge in [0.25, 0.3) is 5.91 Å². The fourth-order valence-electron chi connectivity index (χ4n) is 2.53. The van der Waals surface area contributed by atoms with E-state index in [0.717, 1.165) is 17.5 Å². The van der Waals surface area contributed by atoms with Gasteiger partial charge in [0.15, 0.2) is 0 Å². The Morgan fingerprint density at radius 2 is 1.70 bits per heavy atom. The number of carbonyl (C=O) groups is 1. The summed E-state index contributed by atoms with van der Waals surface area (Å²) >= 11 is 0. The molecule has 4 nitrogen and oxygen atoms in total. The number of rotatable bonds is 5. The van der Waals surface area contributed by atoms with Crippen molar-refractivity contribution in [1.29, 1.82) is 0 Å². The summed E-state index contributed by atoms with van der Waals surface area (Å²) in [5.74, 6) is -0.0679. The molecule has 3 aromatic rings. The van der Waals surface area contributed by atoms with Crippen LogP contribution in [0.1, 0.15) is 23.0 Å². The smallest absolute Gasteiger partial charge is 0.274 e. The highest BCUT2D eigenvalue weighted by Crippen LogP contribution is 2.11. The monoisotopic (exact) mass is 305 g/mol. The largest absolute Gasteiger partial charge is 0.337 e. The number of carbonyl (C=O) groups excluding carboxylic acids is 1. The van der Waals surface area contributed by atoms with Crippen LogP contribution in [0.15, 0.2) is 60.8 Å². The van der Waals surface area contributed by atoms with Gasteiger partial charge in [-0.1, -0.05) is 42.5 Å². The van der Waals surface area contributed by atoms with E-state index in [2.05, 4.69) is 22.1 Å². The van der Waals surface area contributed by atoms with Crippen molar-refractivity contribution in [2.45, 2.75) is 13.3 Å². The van der Waals surface area contributed by atoms with Crippen molar-refractivity contribution in [3.05, 3.63) is 72.1 Å². The lowest BCUT2D eigenvalue weighted by atomic mass is 10.1. The van der Waals surface area contributed by atoms with Crippen LogP contribution >= 0.6 is 0 Å². The Balaban J connectivity index is 1.75. The molecular weight excluding hydrogens is 286 g/mol. The van der Waals surface area contributed by atoms with Crippen LogP contribution < -0.4 is 0 Å². The van der Waals surface area contributed by atoms with Crippen LogP contribution in [0.2, 0.25) is 0 Å². The maximum Gasteiger partial charge on any atom is 0.274 e. The summed E-state index contributed by atoms with van der Waals surface area (Å²) in [6.45, 7) is 3.31. The molecule has 0 aliphatic carbocycles. The number of hydrogen-bond acceptors (Lipinski definition) is 3. The fraction of sp³-hybridized carbons (Fsp3) is 0.211. The van der Waals surface area contributed by atoms with E-state index >= 15 is 0 Å². The quantitative estimate of drug-likeness (QED) is 0.726. The zero-order valence-corrected chi connectivity index (χ0v) is 13.1. The number of fused-ring (bicyclic) bond motifs is 1. The van der Waals surface area contributed by atoms with Gasteiger partial charge in [0, 0.05) is 13.1 Å². The van der Waals surface area contributed by atoms with Crippen LogP contribution in [-0.4, -0.2) is 33.9 Å². The summed E-state index contributed by atoms with van der Waals surface area (Å²) in [4.78, 5) is 23.2. The Kier molecular flexibility index (Phi) is 4.62. The van der Waals surface area contributed by atoms with Crippen molar-refractivity contribution < 1.29 is 4.79 Å². The Bertz CT molecular complexity index is 802. The highest BCUT2D eigenvalue weighted by molar-refractivity contribution is 5.93. The van der Waals surface area contributed by atoms with Crippen LogP contribution in [0.25, 0.3) is 11.0 Å². The van der Waals surface area contributed by atoms with Gasteiger partial charge in [-0.3, -0.25) is 9.78 Å². The minimum Gasteiger partial charge on any atom is -0.337 e. The lowest BCUT2D eigenvalue weighted by Crippen LogP contribution is -2.33. The normalized spacial score (nSPS) is 10.7. The van der Waals surface area contributed by atoms with Gasteiger partial charge >= 0.3 is 0 Å². The second-order valence-corrected chi connectivity index (χ2v) is 5.36. The topological polar surface area (TPSA) is 46.1 Å². The van der Waals surface area contributed by atoms with Crippen molar-refractivity contribution in [3.63, 3.8) is 0 Å². The highest BCUT2D eigenvalue weighted by atomic mass is 16.2. The lowest BCUT2D eigenvalue weighted by Gasteiger charge is -2.20. The van der Waals surface area contributed by atoms with Crippen molar-refractivity contribution in [1.82, 2.24) is 14.9 Å². The van der Waals surface area contributed by atoms with Crippen LogP contribution in [-0.2, 0) is 6.42 Å². The van der Waals surface area contributed by atoms with Crippen molar-refractivity contribution in [3.8, 4) is 0 Å². The second kappa shape index (κ2) is 7.01. The highest BCUT2D eigenvalue weighted by Gasteiger charge is 2.16. The molecule has 0 fully saturated rings. The Labute approximate surface area is 135 Å². The minimum atomic E-state index is -0.0679. The van der Waals surface area contributed by atoms with Gasteiger partial charge in [0.1, 0.15) is 5.69 Å². The Morgan fingerprint density at radius 1 is 1.00 bits per heavy atom. The average molecular weight is 305 g/mol. The number of hydrogen-bond donors (Lipinski definition) is 0. The molecular formula is C19H19N3O. The molecule has 1 heterocycles. The van der Waals surface area contributed by atoms with E-state index in [1.54, 1.807) is 6.20 Å². The average Bonchev–Trinajstić information content (AvgIpc) is 2.62. The van der Waals surface area contributed by atoms with E-state index in [1.165, 1.54) is 5.56 Å². The minimum absolute atomic E-state index is 0.0679. The second-order valence-electron chi connectivity index (χ2n) is 5.36. The molecule has 0 aliphatic rings. The summed E-state index contributed by atoms with van der Waals surface area (Å²) in [7, 11) is 0. The number of amides is 1. The van der Waals surface area contributed by atoms with Crippen LogP contribution in [0.3, 0.4) is 0 Å². The van der Waals surface area contributed by atoms with E-state index in [-0.39, 0.29) is 5.91 Å². The molecule has 0 aliphatic heterocycles. The SMILES string of the molecule is CCN(CCc1ccccc1)C(=O)c1cnc2ccccc2n1. The first-order chi connectivity index (χ1) is 11.3. The van der Waals surface area contributed by atoms with Gasteiger partial charge in [0.05, 0.1) is 17.2 Å². The third-order valence-corrected chi connectivity index (χ3v) is 3.85. The van der Waals surface area contributed by atoms with Gasteiger partial charge in [0.2, 0.25) is 0 Å². The standard InChI is InChI=1S/C19H19N3O/c1-2-22(13-12-15-8-4-3-5-9-15)19(23)18-14-20-16-10-6-7-11-17(16)21-18/h3-11,14H,2,12-13H2,1H3. The molecule has 0 spiro atoms. The molecule has 1 amide bonds. The number of aromatic nitrogens is 2. The molecule has 0 bridgehead atoms. The Morgan fingerprint density at radius 3 is 2.43 bits per heavy atom. The van der Waals surface area contributed by atoms with Crippen LogP contribution in [0, 0.1) is 0 Å². The first-order valence-electron chi connectivity index (χ1n) is 7.83. The molecule has 0 atom stereocenters. The van der Waals surface area contributed by atoms with Gasteiger partial charge < -0.3 is 4.90 Å². The summed E-state index contributed by atoms with van der Waals surface area (Å²) in [5.41, 5.74) is 3.18. The predicted molar refractivity (Wildman–Crippen MR) is 91.3 cm³/mol. The van der Waals surface area contributed by atoms with E-state index in [1.807, 2.05) is 54.3 Å². The van der Waals surface area contributed by atoms with Gasteiger partial charge in [-0.15, -0.1) is 0 Å². The van der Waals surface area contributed by atoms with Crippen LogP contribution in [0.5, 0.6) is 0 Å². The molecule has 0 N–H and O–H groups in total. The van der Waals surface area contributed by atoms with E-state index in [9.17, 15) is 4.79 Å². The van der Waals surface area contributed by atoms with E-state index < -0.39 is 0 Å². The lowest BCUT2D eigenvalue weighted by molar-refractivity contribution is 0.0760. The van der Waals surface area contributed by atoms with Crippen molar-refractivity contribution in [2.75, 3.05) is 13.1 Å². The van der Waals surface area contributed by atoms with Gasteiger partial charge in [-0.25, -0.2) is 4.98 Å². The maximum absolute atomic E-state index is 12.7. The molecule has 0 saturated carbocycles. The number of para-hydroxylation sites is 2. The number of nitrogens with zero attached hydrogens (tertiary/aromatic N) is 3. The first-order valence-corrected chi connectivity index (χ1v) is 7.83. The maximum atomic E-state index is 12.7. The molecule has 23 heavy (non-hydrogen) atoms. The molecule has 2 aromatic carbocycles. The van der Waals surface area contributed by atoms with Gasteiger partial charge in [-0.2, -0.15) is 0 Å². The zero-order chi connectivity index (χ0) is 16.1. The number of likely N-dealkylation sites (N-methyl/N-ethyl adjacent to an activating group) is 1. The Hall–Kier alpha value is -2.75. The molecule has 116 valence electrons. The summed E-state index contributed by atoms with van der Waals surface area (Å²) < 4.78 is 0. The molecule has 4 heteroatoms. The summed E-state index contributed by atoms with van der Waals surface area (Å²) in [6, 6.07) is 17.8. The molecule has 0 unspecified atom stereocenters. The third kappa shape index (κ3) is 3.54. The summed E-state index contributed by atoms with van der Waals surface area (Å²) in [5, 5.41) is 0. The predicted octanol–water partition coefficient (Wildman–Crippen LogP) is 3.33. The molecule has 3 rings (SSSR count).